The van der Waals surface area contributed by atoms with E-state index in [1.54, 1.807) is 0 Å². The first-order chi connectivity index (χ1) is 4.18. The van der Waals surface area contributed by atoms with Gasteiger partial charge in [-0.1, -0.05) is 27.2 Å². The van der Waals surface area contributed by atoms with Crippen LogP contribution in [0.15, 0.2) is 0 Å². The van der Waals surface area contributed by atoms with E-state index in [9.17, 15) is 5.11 Å². The van der Waals surface area contributed by atoms with Crippen molar-refractivity contribution < 1.29 is 5.11 Å². The molecule has 1 aliphatic carbocycles. The van der Waals surface area contributed by atoms with E-state index in [2.05, 4.69) is 20.8 Å². The minimum Gasteiger partial charge on any atom is -0.393 e. The van der Waals surface area contributed by atoms with Gasteiger partial charge in [-0.25, -0.2) is 0 Å². The second-order valence-electron chi connectivity index (χ2n) is 3.28. The quantitative estimate of drug-likeness (QED) is 0.569. The number of aliphatic hydroxyl groups excluding tert-OH is 1. The van der Waals surface area contributed by atoms with Gasteiger partial charge >= 0.3 is 0 Å². The van der Waals surface area contributed by atoms with E-state index in [0.717, 1.165) is 12.3 Å². The van der Waals surface area contributed by atoms with Crippen LogP contribution in [0.3, 0.4) is 0 Å². The van der Waals surface area contributed by atoms with Crippen molar-refractivity contribution in [3.63, 3.8) is 0 Å². The predicted molar refractivity (Wildman–Crippen MR) is 38.1 cm³/mol. The van der Waals surface area contributed by atoms with Crippen molar-refractivity contribution in [2.45, 2.75) is 33.3 Å². The highest BCUT2D eigenvalue weighted by Crippen LogP contribution is 2.41. The molecule has 0 heterocycles. The van der Waals surface area contributed by atoms with Gasteiger partial charge in [0.1, 0.15) is 0 Å². The summed E-state index contributed by atoms with van der Waals surface area (Å²) in [6.07, 6.45) is 1.12. The maximum absolute atomic E-state index is 9.35. The number of hydrogen-bond acceptors (Lipinski definition) is 1. The molecule has 1 fully saturated rings. The molecule has 1 aliphatic rings. The highest BCUT2D eigenvalue weighted by atomic mass is 16.3. The molecule has 0 aliphatic heterocycles. The van der Waals surface area contributed by atoms with Crippen LogP contribution in [0.5, 0.6) is 0 Å². The van der Waals surface area contributed by atoms with Gasteiger partial charge in [0.2, 0.25) is 0 Å². The Labute approximate surface area is 57.1 Å². The lowest BCUT2D eigenvalue weighted by atomic mass is 9.63. The molecular formula is C8H16O. The molecule has 0 aromatic heterocycles. The second-order valence-corrected chi connectivity index (χ2v) is 3.28. The fourth-order valence-electron chi connectivity index (χ4n) is 1.87. The maximum Gasteiger partial charge on any atom is 0.0599 e. The minimum atomic E-state index is -0.00926. The molecule has 0 radical (unpaired) electrons. The average Bonchev–Trinajstić information content (AvgIpc) is 1.89. The average molecular weight is 128 g/mol. The molecule has 4 unspecified atom stereocenters. The number of hydrogen-bond donors (Lipinski definition) is 1. The fourth-order valence-corrected chi connectivity index (χ4v) is 1.87. The summed E-state index contributed by atoms with van der Waals surface area (Å²) < 4.78 is 0. The minimum absolute atomic E-state index is 0.00926. The van der Waals surface area contributed by atoms with Gasteiger partial charge in [-0.15, -0.1) is 0 Å². The van der Waals surface area contributed by atoms with E-state index in [-0.39, 0.29) is 6.10 Å². The summed E-state index contributed by atoms with van der Waals surface area (Å²) in [5, 5.41) is 9.35. The molecule has 1 rings (SSSR count). The molecule has 0 aromatic carbocycles. The van der Waals surface area contributed by atoms with Crippen molar-refractivity contribution in [2.75, 3.05) is 0 Å². The van der Waals surface area contributed by atoms with Gasteiger partial charge in [0.05, 0.1) is 6.10 Å². The molecule has 1 saturated carbocycles. The summed E-state index contributed by atoms with van der Waals surface area (Å²) in [5.41, 5.74) is 0. The molecule has 1 nitrogen and oxygen atoms in total. The Balaban J connectivity index is 2.41. The fraction of sp³-hybridized carbons (Fsp3) is 1.00. The Morgan fingerprint density at radius 2 is 1.78 bits per heavy atom. The zero-order chi connectivity index (χ0) is 7.02. The zero-order valence-electron chi connectivity index (χ0n) is 6.46. The molecule has 1 heteroatoms. The Morgan fingerprint density at radius 1 is 1.22 bits per heavy atom. The Morgan fingerprint density at radius 3 is 2.00 bits per heavy atom. The molecule has 0 bridgehead atoms. The summed E-state index contributed by atoms with van der Waals surface area (Å²) in [5.74, 6) is 1.86. The number of rotatable bonds is 1. The normalized spacial score (nSPS) is 50.7. The first-order valence-electron chi connectivity index (χ1n) is 3.86. The van der Waals surface area contributed by atoms with Crippen LogP contribution >= 0.6 is 0 Å². The van der Waals surface area contributed by atoms with Crippen molar-refractivity contribution in [1.29, 1.82) is 0 Å². The largest absolute Gasteiger partial charge is 0.393 e. The molecule has 0 amide bonds. The lowest BCUT2D eigenvalue weighted by Crippen LogP contribution is -2.47. The highest BCUT2D eigenvalue weighted by molar-refractivity contribution is 4.91. The topological polar surface area (TPSA) is 20.2 Å². The van der Waals surface area contributed by atoms with Crippen LogP contribution in [-0.4, -0.2) is 11.2 Å². The summed E-state index contributed by atoms with van der Waals surface area (Å²) in [6, 6.07) is 0. The third-order valence-corrected chi connectivity index (χ3v) is 2.95. The van der Waals surface area contributed by atoms with Gasteiger partial charge in [0.15, 0.2) is 0 Å². The van der Waals surface area contributed by atoms with E-state index >= 15 is 0 Å². The van der Waals surface area contributed by atoms with Crippen LogP contribution in [-0.2, 0) is 0 Å². The van der Waals surface area contributed by atoms with Crippen LogP contribution in [0.1, 0.15) is 27.2 Å². The summed E-state index contributed by atoms with van der Waals surface area (Å²) in [6.45, 7) is 6.50. The second kappa shape index (κ2) is 2.30. The molecule has 0 aromatic rings. The highest BCUT2D eigenvalue weighted by Gasteiger charge is 2.42. The summed E-state index contributed by atoms with van der Waals surface area (Å²) >= 11 is 0. The first kappa shape index (κ1) is 7.07. The monoisotopic (exact) mass is 128 g/mol. The third kappa shape index (κ3) is 0.877. The van der Waals surface area contributed by atoms with Gasteiger partial charge < -0.3 is 5.11 Å². The molecular weight excluding hydrogens is 112 g/mol. The van der Waals surface area contributed by atoms with Crippen LogP contribution < -0.4 is 0 Å². The van der Waals surface area contributed by atoms with E-state index in [1.165, 1.54) is 0 Å². The van der Waals surface area contributed by atoms with Gasteiger partial charge in [-0.3, -0.25) is 0 Å². The predicted octanol–water partition coefficient (Wildman–Crippen LogP) is 1.66. The molecule has 0 saturated heterocycles. The number of aliphatic hydroxyl groups is 1. The van der Waals surface area contributed by atoms with E-state index in [4.69, 9.17) is 0 Å². The Bertz CT molecular complexity index is 90.7. The lowest BCUT2D eigenvalue weighted by molar-refractivity contribution is -0.0858. The van der Waals surface area contributed by atoms with Crippen molar-refractivity contribution in [2.24, 2.45) is 17.8 Å². The molecule has 9 heavy (non-hydrogen) atoms. The van der Waals surface area contributed by atoms with Gasteiger partial charge in [-0.2, -0.15) is 0 Å². The van der Waals surface area contributed by atoms with E-state index < -0.39 is 0 Å². The molecule has 54 valence electrons. The first-order valence-corrected chi connectivity index (χ1v) is 3.86. The SMILES string of the molecule is CCC1C(C)C(C)C1O. The van der Waals surface area contributed by atoms with E-state index in [0.29, 0.717) is 11.8 Å². The molecule has 0 spiro atoms. The Kier molecular flexibility index (Phi) is 1.80. The van der Waals surface area contributed by atoms with Gasteiger partial charge in [-0.05, 0) is 17.8 Å². The van der Waals surface area contributed by atoms with Gasteiger partial charge in [0, 0.05) is 0 Å². The van der Waals surface area contributed by atoms with Crippen LogP contribution in [0.25, 0.3) is 0 Å². The molecule has 1 N–H and O–H groups in total. The van der Waals surface area contributed by atoms with Crippen molar-refractivity contribution in [1.82, 2.24) is 0 Å². The lowest BCUT2D eigenvalue weighted by Gasteiger charge is -2.46. The van der Waals surface area contributed by atoms with Crippen molar-refractivity contribution in [3.05, 3.63) is 0 Å². The standard InChI is InChI=1S/C8H16O/c1-4-7-5(2)6(3)8(7)9/h5-9H,4H2,1-3H3. The maximum atomic E-state index is 9.35. The summed E-state index contributed by atoms with van der Waals surface area (Å²) in [7, 11) is 0. The third-order valence-electron chi connectivity index (χ3n) is 2.95. The van der Waals surface area contributed by atoms with Crippen LogP contribution in [0, 0.1) is 17.8 Å². The van der Waals surface area contributed by atoms with Gasteiger partial charge in [0.25, 0.3) is 0 Å². The van der Waals surface area contributed by atoms with Crippen molar-refractivity contribution in [3.8, 4) is 0 Å². The Hall–Kier alpha value is -0.0400. The summed E-state index contributed by atoms with van der Waals surface area (Å²) in [4.78, 5) is 0. The van der Waals surface area contributed by atoms with Crippen LogP contribution in [0.4, 0.5) is 0 Å². The van der Waals surface area contributed by atoms with Crippen LogP contribution in [0.2, 0.25) is 0 Å². The smallest absolute Gasteiger partial charge is 0.0599 e. The van der Waals surface area contributed by atoms with Crippen molar-refractivity contribution >= 4 is 0 Å². The van der Waals surface area contributed by atoms with E-state index in [1.807, 2.05) is 0 Å². The molecule has 4 atom stereocenters. The zero-order valence-corrected chi connectivity index (χ0v) is 6.46.